The summed E-state index contributed by atoms with van der Waals surface area (Å²) in [6.45, 7) is 6.73. The summed E-state index contributed by atoms with van der Waals surface area (Å²) >= 11 is 0. The van der Waals surface area contributed by atoms with E-state index >= 15 is 4.39 Å². The van der Waals surface area contributed by atoms with Crippen LogP contribution in [0.2, 0.25) is 0 Å². The number of halogens is 2. The van der Waals surface area contributed by atoms with Gasteiger partial charge < -0.3 is 20.4 Å². The number of nitrogens with two attached hydrogens (primary N) is 1. The Morgan fingerprint density at radius 3 is 2.44 bits per heavy atom. The van der Waals surface area contributed by atoms with Crippen LogP contribution in [0.25, 0.3) is 33.4 Å². The second-order valence-electron chi connectivity index (χ2n) is 8.89. The molecule has 0 unspecified atom stereocenters. The van der Waals surface area contributed by atoms with Gasteiger partial charge in [0.1, 0.15) is 17.8 Å². The molecule has 39 heavy (non-hydrogen) atoms. The van der Waals surface area contributed by atoms with Gasteiger partial charge in [0.05, 0.1) is 23.0 Å². The predicted molar refractivity (Wildman–Crippen MR) is 144 cm³/mol. The fraction of sp³-hybridized carbons (Fsp3) is 0.107. The van der Waals surface area contributed by atoms with Crippen LogP contribution in [-0.4, -0.2) is 30.4 Å². The number of fused-ring (bicyclic) bond motifs is 1. The first-order chi connectivity index (χ1) is 18.6. The van der Waals surface area contributed by atoms with Crippen molar-refractivity contribution in [3.8, 4) is 34.1 Å². The topological polar surface area (TPSA) is 121 Å². The van der Waals surface area contributed by atoms with Crippen LogP contribution in [0.5, 0.6) is 11.8 Å². The summed E-state index contributed by atoms with van der Waals surface area (Å²) in [7, 11) is 1.83. The van der Waals surface area contributed by atoms with E-state index < -0.39 is 11.6 Å². The van der Waals surface area contributed by atoms with E-state index in [0.717, 1.165) is 11.8 Å². The molecule has 0 aliphatic rings. The molecule has 2 aromatic carbocycles. The molecule has 0 saturated carbocycles. The van der Waals surface area contributed by atoms with Crippen molar-refractivity contribution in [3.05, 3.63) is 84.5 Å². The van der Waals surface area contributed by atoms with Crippen molar-refractivity contribution in [2.75, 3.05) is 11.1 Å². The van der Waals surface area contributed by atoms with Gasteiger partial charge in [0, 0.05) is 23.9 Å². The Bertz CT molecular complexity index is 1760. The van der Waals surface area contributed by atoms with Gasteiger partial charge >= 0.3 is 6.01 Å². The third-order valence-corrected chi connectivity index (χ3v) is 6.12. The number of nitrogens with zero attached hydrogens (tertiary/aromatic N) is 5. The number of carbonyl (C=O) groups is 1. The number of anilines is 2. The molecule has 3 N–H and O–H groups in total. The van der Waals surface area contributed by atoms with Gasteiger partial charge in [-0.15, -0.1) is 0 Å². The van der Waals surface area contributed by atoms with E-state index in [1.165, 1.54) is 25.4 Å². The number of aryl methyl sites for hydroxylation is 2. The lowest BCUT2D eigenvalue weighted by atomic mass is 9.98. The van der Waals surface area contributed by atoms with Crippen molar-refractivity contribution in [1.29, 1.82) is 0 Å². The summed E-state index contributed by atoms with van der Waals surface area (Å²) in [5.74, 6) is -1.46. The first-order valence-electron chi connectivity index (χ1n) is 11.8. The van der Waals surface area contributed by atoms with E-state index in [1.807, 2.05) is 23.7 Å². The SMILES string of the molecule is C=C(C)C(=O)Nc1ccc(-c2c(-c3ccc(Oc4ncc(F)c(C)n4)c(F)c3)c3c(N)ncnc3n2C)cc1. The van der Waals surface area contributed by atoms with Crippen molar-refractivity contribution in [1.82, 2.24) is 24.5 Å². The fourth-order valence-electron chi connectivity index (χ4n) is 4.16. The molecular formula is C28H23F2N7O2. The number of nitrogens with one attached hydrogen (secondary N) is 1. The van der Waals surface area contributed by atoms with Gasteiger partial charge in [0.25, 0.3) is 5.91 Å². The third-order valence-electron chi connectivity index (χ3n) is 6.12. The van der Waals surface area contributed by atoms with E-state index in [4.69, 9.17) is 10.5 Å². The molecule has 0 atom stereocenters. The molecule has 9 nitrogen and oxygen atoms in total. The number of ether oxygens (including phenoxy) is 1. The lowest BCUT2D eigenvalue weighted by Crippen LogP contribution is -2.11. The van der Waals surface area contributed by atoms with Gasteiger partial charge in [-0.3, -0.25) is 4.79 Å². The molecule has 196 valence electrons. The normalized spacial score (nSPS) is 11.0. The lowest BCUT2D eigenvalue weighted by molar-refractivity contribution is -0.112. The highest BCUT2D eigenvalue weighted by Crippen LogP contribution is 2.42. The first-order valence-corrected chi connectivity index (χ1v) is 11.8. The highest BCUT2D eigenvalue weighted by Gasteiger charge is 2.23. The molecule has 5 aromatic rings. The van der Waals surface area contributed by atoms with Crippen molar-refractivity contribution < 1.29 is 18.3 Å². The third kappa shape index (κ3) is 4.77. The van der Waals surface area contributed by atoms with E-state index in [2.05, 4.69) is 31.8 Å². The number of hydrogen-bond acceptors (Lipinski definition) is 7. The van der Waals surface area contributed by atoms with Gasteiger partial charge in [-0.2, -0.15) is 4.98 Å². The lowest BCUT2D eigenvalue weighted by Gasteiger charge is -2.12. The maximum atomic E-state index is 15.3. The maximum absolute atomic E-state index is 15.3. The number of carbonyl (C=O) groups excluding carboxylic acids is 1. The van der Waals surface area contributed by atoms with Crippen LogP contribution in [0, 0.1) is 18.6 Å². The fourth-order valence-corrected chi connectivity index (χ4v) is 4.16. The van der Waals surface area contributed by atoms with Crippen molar-refractivity contribution >= 4 is 28.4 Å². The highest BCUT2D eigenvalue weighted by atomic mass is 19.1. The zero-order chi connectivity index (χ0) is 27.8. The molecule has 0 aliphatic carbocycles. The minimum absolute atomic E-state index is 0.0816. The van der Waals surface area contributed by atoms with Crippen molar-refractivity contribution in [3.63, 3.8) is 0 Å². The highest BCUT2D eigenvalue weighted by molar-refractivity contribution is 6.08. The molecule has 3 aromatic heterocycles. The number of aromatic nitrogens is 5. The standard InChI is InChI=1S/C28H23F2N7O2/c1-14(2)27(38)36-18-8-5-16(6-9-18)24-22(23-25(31)33-13-34-26(23)37(24)4)17-7-10-21(19(29)11-17)39-28-32-12-20(30)15(3)35-28/h5-13H,1H2,2-4H3,(H,36,38)(H2,31,33,34). The monoisotopic (exact) mass is 527 g/mol. The Hall–Kier alpha value is -5.19. The average Bonchev–Trinajstić information content (AvgIpc) is 3.21. The molecule has 0 bridgehead atoms. The van der Waals surface area contributed by atoms with Gasteiger partial charge in [-0.1, -0.05) is 24.8 Å². The Morgan fingerprint density at radius 1 is 1.05 bits per heavy atom. The van der Waals surface area contributed by atoms with Crippen LogP contribution >= 0.6 is 0 Å². The second kappa shape index (κ2) is 9.93. The molecule has 5 rings (SSSR count). The smallest absolute Gasteiger partial charge is 0.322 e. The van der Waals surface area contributed by atoms with Gasteiger partial charge in [-0.25, -0.2) is 23.7 Å². The Balaban J connectivity index is 1.60. The van der Waals surface area contributed by atoms with Crippen LogP contribution in [-0.2, 0) is 11.8 Å². The number of rotatable bonds is 6. The van der Waals surface area contributed by atoms with Crippen LogP contribution in [0.15, 0.2) is 67.1 Å². The largest absolute Gasteiger partial charge is 0.421 e. The molecule has 0 fully saturated rings. The number of benzene rings is 2. The predicted octanol–water partition coefficient (Wildman–Crippen LogP) is 5.57. The quantitative estimate of drug-likeness (QED) is 0.277. The molecule has 0 saturated heterocycles. The van der Waals surface area contributed by atoms with Crippen molar-refractivity contribution in [2.45, 2.75) is 13.8 Å². The maximum Gasteiger partial charge on any atom is 0.322 e. The number of amides is 1. The van der Waals surface area contributed by atoms with Crippen molar-refractivity contribution in [2.24, 2.45) is 7.05 Å². The Morgan fingerprint density at radius 2 is 1.77 bits per heavy atom. The van der Waals surface area contributed by atoms with Crippen LogP contribution in [0.4, 0.5) is 20.3 Å². The zero-order valence-corrected chi connectivity index (χ0v) is 21.3. The molecule has 0 aliphatic heterocycles. The van der Waals surface area contributed by atoms with Crippen LogP contribution < -0.4 is 15.8 Å². The molecule has 1 amide bonds. The van der Waals surface area contributed by atoms with E-state index in [9.17, 15) is 9.18 Å². The summed E-state index contributed by atoms with van der Waals surface area (Å²) in [6, 6.07) is 11.4. The molecule has 3 heterocycles. The van der Waals surface area contributed by atoms with Gasteiger partial charge in [-0.05, 0) is 49.2 Å². The van der Waals surface area contributed by atoms with Crippen LogP contribution in [0.3, 0.4) is 0 Å². The minimum Gasteiger partial charge on any atom is -0.421 e. The number of nitrogen functional groups attached to an aromatic ring is 1. The molecule has 11 heteroatoms. The van der Waals surface area contributed by atoms with E-state index in [0.29, 0.717) is 39.1 Å². The molecule has 0 spiro atoms. The Labute approximate surface area is 222 Å². The summed E-state index contributed by atoms with van der Waals surface area (Å²) in [5, 5.41) is 3.33. The van der Waals surface area contributed by atoms with Gasteiger partial charge in [0.15, 0.2) is 17.4 Å². The first kappa shape index (κ1) is 25.5. The van der Waals surface area contributed by atoms with Crippen LogP contribution in [0.1, 0.15) is 12.6 Å². The zero-order valence-electron chi connectivity index (χ0n) is 21.3. The summed E-state index contributed by atoms with van der Waals surface area (Å²) in [6.07, 6.45) is 2.33. The minimum atomic E-state index is -0.686. The molecular weight excluding hydrogens is 504 g/mol. The summed E-state index contributed by atoms with van der Waals surface area (Å²) in [4.78, 5) is 28.2. The van der Waals surface area contributed by atoms with Gasteiger partial charge in [0.2, 0.25) is 0 Å². The summed E-state index contributed by atoms with van der Waals surface area (Å²) in [5.41, 5.74) is 10.5. The molecule has 0 radical (unpaired) electrons. The Kier molecular flexibility index (Phi) is 6.48. The second-order valence-corrected chi connectivity index (χ2v) is 8.89. The number of hydrogen-bond donors (Lipinski definition) is 2. The summed E-state index contributed by atoms with van der Waals surface area (Å²) < 4.78 is 36.1. The van der Waals surface area contributed by atoms with E-state index in [1.54, 1.807) is 25.1 Å². The average molecular weight is 528 g/mol. The van der Waals surface area contributed by atoms with E-state index in [-0.39, 0.29) is 29.2 Å².